The highest BCUT2D eigenvalue weighted by molar-refractivity contribution is 7.11. The summed E-state index contributed by atoms with van der Waals surface area (Å²) in [4.78, 5) is 28.1. The van der Waals surface area contributed by atoms with Gasteiger partial charge in [-0.1, -0.05) is 30.3 Å². The molecule has 1 aliphatic heterocycles. The van der Waals surface area contributed by atoms with Crippen molar-refractivity contribution in [2.75, 3.05) is 5.32 Å². The molecular weight excluding hydrogens is 387 g/mol. The third kappa shape index (κ3) is 3.59. The van der Waals surface area contributed by atoms with Gasteiger partial charge in [-0.2, -0.15) is 0 Å². The van der Waals surface area contributed by atoms with Gasteiger partial charge in [0.2, 0.25) is 0 Å². The van der Waals surface area contributed by atoms with Crippen LogP contribution in [0.5, 0.6) is 0 Å². The molecule has 3 aromatic rings. The van der Waals surface area contributed by atoms with Crippen LogP contribution in [-0.4, -0.2) is 16.7 Å². The van der Waals surface area contributed by atoms with Crippen molar-refractivity contribution in [2.24, 2.45) is 0 Å². The maximum absolute atomic E-state index is 14.1. The molecule has 29 heavy (non-hydrogen) atoms. The van der Waals surface area contributed by atoms with Crippen LogP contribution in [0.4, 0.5) is 10.1 Å². The first-order valence-corrected chi connectivity index (χ1v) is 10.1. The Balaban J connectivity index is 1.72. The first-order chi connectivity index (χ1) is 14.0. The first-order valence-electron chi connectivity index (χ1n) is 9.17. The van der Waals surface area contributed by atoms with Crippen LogP contribution in [-0.2, 0) is 16.1 Å². The minimum absolute atomic E-state index is 0.114. The number of halogens is 1. The number of hydrogen-bond donors (Lipinski definition) is 1. The molecule has 1 aliphatic rings. The van der Waals surface area contributed by atoms with Crippen molar-refractivity contribution in [1.29, 1.82) is 0 Å². The zero-order chi connectivity index (χ0) is 20.5. The summed E-state index contributed by atoms with van der Waals surface area (Å²) < 4.78 is 14.1. The molecule has 0 unspecified atom stereocenters. The van der Waals surface area contributed by atoms with Crippen LogP contribution in [0, 0.1) is 19.7 Å². The summed E-state index contributed by atoms with van der Waals surface area (Å²) in [5.74, 6) is -1.33. The maximum Gasteiger partial charge on any atom is 0.278 e. The van der Waals surface area contributed by atoms with E-state index < -0.39 is 17.6 Å². The number of anilines is 1. The second kappa shape index (κ2) is 7.64. The van der Waals surface area contributed by atoms with Crippen LogP contribution in [0.15, 0.2) is 65.7 Å². The van der Waals surface area contributed by atoms with Crippen LogP contribution in [0.2, 0.25) is 0 Å². The largest absolute Gasteiger partial charge is 0.350 e. The minimum atomic E-state index is -0.458. The van der Waals surface area contributed by atoms with Gasteiger partial charge in [0.05, 0.1) is 12.1 Å². The van der Waals surface area contributed by atoms with Crippen molar-refractivity contribution in [1.82, 2.24) is 4.90 Å². The monoisotopic (exact) mass is 406 g/mol. The topological polar surface area (TPSA) is 49.4 Å². The van der Waals surface area contributed by atoms with Crippen molar-refractivity contribution in [3.8, 4) is 0 Å². The lowest BCUT2D eigenvalue weighted by Crippen LogP contribution is -2.32. The molecule has 4 nitrogen and oxygen atoms in total. The molecule has 0 bridgehead atoms. The average Bonchev–Trinajstić information content (AvgIpc) is 3.29. The summed E-state index contributed by atoms with van der Waals surface area (Å²) in [6.45, 7) is 3.88. The minimum Gasteiger partial charge on any atom is -0.350 e. The number of imide groups is 1. The molecule has 0 aliphatic carbocycles. The molecule has 2 heterocycles. The molecule has 2 amide bonds. The van der Waals surface area contributed by atoms with E-state index >= 15 is 0 Å². The summed E-state index contributed by atoms with van der Waals surface area (Å²) in [6, 6.07) is 15.6. The molecule has 146 valence electrons. The molecule has 0 spiro atoms. The van der Waals surface area contributed by atoms with Crippen LogP contribution >= 0.6 is 11.3 Å². The van der Waals surface area contributed by atoms with E-state index in [1.165, 1.54) is 17.4 Å². The van der Waals surface area contributed by atoms with Gasteiger partial charge in [-0.25, -0.2) is 4.39 Å². The quantitative estimate of drug-likeness (QED) is 0.614. The second-order valence-corrected chi connectivity index (χ2v) is 7.89. The van der Waals surface area contributed by atoms with Gasteiger partial charge in [-0.05, 0) is 54.6 Å². The van der Waals surface area contributed by atoms with Crippen molar-refractivity contribution < 1.29 is 14.0 Å². The third-order valence-electron chi connectivity index (χ3n) is 5.00. The fourth-order valence-electron chi connectivity index (χ4n) is 3.25. The van der Waals surface area contributed by atoms with Gasteiger partial charge >= 0.3 is 0 Å². The highest BCUT2D eigenvalue weighted by atomic mass is 32.1. The Bertz CT molecular complexity index is 1140. The van der Waals surface area contributed by atoms with E-state index in [1.807, 2.05) is 43.5 Å². The number of hydrogen-bond acceptors (Lipinski definition) is 4. The Hall–Kier alpha value is -3.25. The third-order valence-corrected chi connectivity index (χ3v) is 5.89. The molecular formula is C23H19FN2O2S. The highest BCUT2D eigenvalue weighted by Gasteiger charge is 2.40. The zero-order valence-electron chi connectivity index (χ0n) is 16.0. The number of nitrogens with one attached hydrogen (secondary N) is 1. The Labute approximate surface area is 172 Å². The Morgan fingerprint density at radius 3 is 2.45 bits per heavy atom. The number of aryl methyl sites for hydroxylation is 2. The van der Waals surface area contributed by atoms with E-state index in [-0.39, 0.29) is 12.2 Å². The smallest absolute Gasteiger partial charge is 0.278 e. The molecule has 0 atom stereocenters. The van der Waals surface area contributed by atoms with E-state index in [4.69, 9.17) is 0 Å². The SMILES string of the molecule is Cc1ccc(NC2=C(c3cccs3)C(=O)N(Cc3ccccc3F)C2=O)cc1C. The van der Waals surface area contributed by atoms with E-state index in [1.54, 1.807) is 24.3 Å². The van der Waals surface area contributed by atoms with Crippen molar-refractivity contribution in [2.45, 2.75) is 20.4 Å². The van der Waals surface area contributed by atoms with Gasteiger partial charge in [0.15, 0.2) is 0 Å². The van der Waals surface area contributed by atoms with E-state index in [0.717, 1.165) is 21.7 Å². The fourth-order valence-corrected chi connectivity index (χ4v) is 4.01. The predicted molar refractivity (Wildman–Crippen MR) is 113 cm³/mol. The lowest BCUT2D eigenvalue weighted by molar-refractivity contribution is -0.137. The van der Waals surface area contributed by atoms with E-state index in [2.05, 4.69) is 5.32 Å². The first kappa shape index (κ1) is 19.1. The van der Waals surface area contributed by atoms with E-state index in [9.17, 15) is 14.0 Å². The van der Waals surface area contributed by atoms with Gasteiger partial charge in [0.1, 0.15) is 11.5 Å². The highest BCUT2D eigenvalue weighted by Crippen LogP contribution is 2.34. The molecule has 0 fully saturated rings. The zero-order valence-corrected chi connectivity index (χ0v) is 16.8. The Kier molecular flexibility index (Phi) is 5.03. The number of thiophene rings is 1. The standard InChI is InChI=1S/C23H19FN2O2S/c1-14-9-10-17(12-15(14)2)25-21-20(19-8-5-11-29-19)22(27)26(23(21)28)13-16-6-3-4-7-18(16)24/h3-12,25H,13H2,1-2H3. The summed E-state index contributed by atoms with van der Waals surface area (Å²) in [5.41, 5.74) is 3.78. The predicted octanol–water partition coefficient (Wildman–Crippen LogP) is 4.90. The fraction of sp³-hybridized carbons (Fsp3) is 0.130. The van der Waals surface area contributed by atoms with Crippen LogP contribution in [0.25, 0.3) is 5.57 Å². The lowest BCUT2D eigenvalue weighted by Gasteiger charge is -2.16. The molecule has 0 radical (unpaired) electrons. The number of rotatable bonds is 5. The van der Waals surface area contributed by atoms with Gasteiger partial charge in [0.25, 0.3) is 11.8 Å². The van der Waals surface area contributed by atoms with Crippen molar-refractivity contribution >= 4 is 34.4 Å². The normalized spacial score (nSPS) is 14.1. The number of carbonyl (C=O) groups is 2. The van der Waals surface area contributed by atoms with Gasteiger partial charge in [0, 0.05) is 16.1 Å². The van der Waals surface area contributed by atoms with Gasteiger partial charge in [-0.3, -0.25) is 14.5 Å². The molecule has 0 saturated heterocycles. The summed E-state index contributed by atoms with van der Waals surface area (Å²) in [7, 11) is 0. The average molecular weight is 406 g/mol. The van der Waals surface area contributed by atoms with Crippen molar-refractivity contribution in [3.63, 3.8) is 0 Å². The van der Waals surface area contributed by atoms with Gasteiger partial charge < -0.3 is 5.32 Å². The summed E-state index contributed by atoms with van der Waals surface area (Å²) in [6.07, 6.45) is 0. The summed E-state index contributed by atoms with van der Waals surface area (Å²) >= 11 is 1.39. The lowest BCUT2D eigenvalue weighted by atomic mass is 10.1. The molecule has 4 rings (SSSR count). The molecule has 0 saturated carbocycles. The number of amides is 2. The summed E-state index contributed by atoms with van der Waals surface area (Å²) in [5, 5.41) is 4.99. The van der Waals surface area contributed by atoms with E-state index in [0.29, 0.717) is 16.0 Å². The Morgan fingerprint density at radius 2 is 1.76 bits per heavy atom. The molecule has 2 aromatic carbocycles. The Morgan fingerprint density at radius 1 is 0.966 bits per heavy atom. The maximum atomic E-state index is 14.1. The van der Waals surface area contributed by atoms with Crippen LogP contribution in [0.1, 0.15) is 21.6 Å². The van der Waals surface area contributed by atoms with Crippen LogP contribution < -0.4 is 5.32 Å². The van der Waals surface area contributed by atoms with Crippen molar-refractivity contribution in [3.05, 3.63) is 93.1 Å². The molecule has 6 heteroatoms. The molecule has 1 aromatic heterocycles. The van der Waals surface area contributed by atoms with Gasteiger partial charge in [-0.15, -0.1) is 11.3 Å². The number of nitrogens with zero attached hydrogens (tertiary/aromatic N) is 1. The number of carbonyl (C=O) groups excluding carboxylic acids is 2. The van der Waals surface area contributed by atoms with Crippen LogP contribution in [0.3, 0.4) is 0 Å². The number of benzene rings is 2. The molecule has 1 N–H and O–H groups in total. The second-order valence-electron chi connectivity index (χ2n) is 6.94.